The molecule has 0 aliphatic heterocycles. The number of aryl methyl sites for hydroxylation is 1. The van der Waals surface area contributed by atoms with Gasteiger partial charge in [-0.25, -0.2) is 4.98 Å². The molecule has 1 amide bonds. The maximum Gasteiger partial charge on any atom is 0.277 e. The molecule has 23 heavy (non-hydrogen) atoms. The van der Waals surface area contributed by atoms with E-state index in [9.17, 15) is 4.79 Å². The zero-order valence-corrected chi connectivity index (χ0v) is 15.2. The monoisotopic (exact) mass is 410 g/mol. The zero-order chi connectivity index (χ0) is 16.2. The third-order valence-electron chi connectivity index (χ3n) is 2.69. The molecular weight excluding hydrogens is 400 g/mol. The first-order chi connectivity index (χ1) is 11.1. The van der Waals surface area contributed by atoms with Crippen LogP contribution in [0.15, 0.2) is 44.6 Å². The Labute approximate surface area is 148 Å². The number of carbonyl (C=O) groups excluding carboxylic acids is 1. The van der Waals surface area contributed by atoms with E-state index in [0.717, 1.165) is 14.9 Å². The number of benzene rings is 1. The van der Waals surface area contributed by atoms with Gasteiger partial charge in [-0.05, 0) is 31.2 Å². The fourth-order valence-corrected chi connectivity index (χ4v) is 3.18. The van der Waals surface area contributed by atoms with Crippen LogP contribution in [0.4, 0.5) is 5.13 Å². The number of anilines is 1. The Morgan fingerprint density at radius 3 is 2.83 bits per heavy atom. The summed E-state index contributed by atoms with van der Waals surface area (Å²) < 4.78 is 6.52. The highest BCUT2D eigenvalue weighted by molar-refractivity contribution is 9.10. The molecule has 0 radical (unpaired) electrons. The van der Waals surface area contributed by atoms with Crippen molar-refractivity contribution in [3.63, 3.8) is 0 Å². The lowest BCUT2D eigenvalue weighted by molar-refractivity contribution is -0.113. The summed E-state index contributed by atoms with van der Waals surface area (Å²) in [7, 11) is 0. The molecular formula is C14H11BrN4O2S2. The molecule has 9 heteroatoms. The summed E-state index contributed by atoms with van der Waals surface area (Å²) in [5, 5.41) is 11.6. The summed E-state index contributed by atoms with van der Waals surface area (Å²) >= 11 is 5.99. The highest BCUT2D eigenvalue weighted by atomic mass is 79.9. The Hall–Kier alpha value is -1.71. The van der Waals surface area contributed by atoms with Crippen molar-refractivity contribution in [2.75, 3.05) is 11.1 Å². The molecule has 0 atom stereocenters. The molecule has 118 valence electrons. The Bertz CT molecular complexity index is 816. The van der Waals surface area contributed by atoms with Gasteiger partial charge in [0.15, 0.2) is 5.13 Å². The van der Waals surface area contributed by atoms with Crippen molar-refractivity contribution in [3.05, 3.63) is 39.8 Å². The fourth-order valence-electron chi connectivity index (χ4n) is 1.67. The Kier molecular flexibility index (Phi) is 5.09. The SMILES string of the molecule is Cc1cnc(NC(=O)CSc2nnc(-c3ccc(Br)cc3)o2)s1. The number of aromatic nitrogens is 3. The van der Waals surface area contributed by atoms with Crippen LogP contribution >= 0.6 is 39.0 Å². The average Bonchev–Trinajstić information content (AvgIpc) is 3.15. The van der Waals surface area contributed by atoms with Crippen molar-refractivity contribution in [2.24, 2.45) is 0 Å². The zero-order valence-electron chi connectivity index (χ0n) is 11.9. The summed E-state index contributed by atoms with van der Waals surface area (Å²) in [6.07, 6.45) is 1.72. The number of carbonyl (C=O) groups is 1. The third-order valence-corrected chi connectivity index (χ3v) is 4.87. The summed E-state index contributed by atoms with van der Waals surface area (Å²) in [6.45, 7) is 1.93. The molecule has 2 aromatic heterocycles. The van der Waals surface area contributed by atoms with Crippen molar-refractivity contribution >= 4 is 50.1 Å². The summed E-state index contributed by atoms with van der Waals surface area (Å²) in [5.41, 5.74) is 0.829. The highest BCUT2D eigenvalue weighted by Crippen LogP contribution is 2.24. The number of thiazole rings is 1. The van der Waals surface area contributed by atoms with Crippen LogP contribution in [0.3, 0.4) is 0 Å². The second-order valence-electron chi connectivity index (χ2n) is 4.49. The summed E-state index contributed by atoms with van der Waals surface area (Å²) in [5.74, 6) is 0.448. The second-order valence-corrected chi connectivity index (χ2v) is 7.57. The van der Waals surface area contributed by atoms with Crippen LogP contribution in [0.1, 0.15) is 4.88 Å². The van der Waals surface area contributed by atoms with E-state index in [0.29, 0.717) is 16.2 Å². The average molecular weight is 411 g/mol. The first-order valence-corrected chi connectivity index (χ1v) is 9.14. The van der Waals surface area contributed by atoms with E-state index in [1.807, 2.05) is 31.2 Å². The molecule has 0 saturated heterocycles. The standard InChI is InChI=1S/C14H11BrN4O2S2/c1-8-6-16-13(23-8)17-11(20)7-22-14-19-18-12(21-14)9-2-4-10(15)5-3-9/h2-6H,7H2,1H3,(H,16,17,20). The van der Waals surface area contributed by atoms with Crippen LogP contribution < -0.4 is 5.32 Å². The lowest BCUT2D eigenvalue weighted by atomic mass is 10.2. The van der Waals surface area contributed by atoms with E-state index in [1.165, 1.54) is 23.1 Å². The van der Waals surface area contributed by atoms with E-state index in [4.69, 9.17) is 4.42 Å². The molecule has 3 rings (SSSR count). The molecule has 0 unspecified atom stereocenters. The van der Waals surface area contributed by atoms with Gasteiger partial charge in [-0.2, -0.15) is 0 Å². The van der Waals surface area contributed by atoms with Gasteiger partial charge in [0.2, 0.25) is 11.8 Å². The van der Waals surface area contributed by atoms with Crippen LogP contribution in [0.5, 0.6) is 0 Å². The van der Waals surface area contributed by atoms with Crippen molar-refractivity contribution in [2.45, 2.75) is 12.1 Å². The molecule has 0 saturated carbocycles. The van der Waals surface area contributed by atoms with E-state index in [2.05, 4.69) is 36.4 Å². The van der Waals surface area contributed by atoms with Gasteiger partial charge in [0.1, 0.15) is 0 Å². The van der Waals surface area contributed by atoms with Crippen LogP contribution in [-0.2, 0) is 4.79 Å². The number of halogens is 1. The van der Waals surface area contributed by atoms with Gasteiger partial charge < -0.3 is 9.73 Å². The van der Waals surface area contributed by atoms with Gasteiger partial charge in [-0.3, -0.25) is 4.79 Å². The Morgan fingerprint density at radius 1 is 1.35 bits per heavy atom. The van der Waals surface area contributed by atoms with Gasteiger partial charge in [-0.15, -0.1) is 21.5 Å². The lowest BCUT2D eigenvalue weighted by Crippen LogP contribution is -2.13. The van der Waals surface area contributed by atoms with E-state index >= 15 is 0 Å². The number of amides is 1. The molecule has 6 nitrogen and oxygen atoms in total. The van der Waals surface area contributed by atoms with Gasteiger partial charge in [0.05, 0.1) is 5.75 Å². The molecule has 1 N–H and O–H groups in total. The first-order valence-electron chi connectivity index (χ1n) is 6.55. The third kappa shape index (κ3) is 4.40. The topological polar surface area (TPSA) is 80.9 Å². The maximum absolute atomic E-state index is 11.8. The van der Waals surface area contributed by atoms with E-state index < -0.39 is 0 Å². The molecule has 0 aliphatic rings. The number of nitrogens with one attached hydrogen (secondary N) is 1. The number of thioether (sulfide) groups is 1. The minimum Gasteiger partial charge on any atom is -0.411 e. The Balaban J connectivity index is 1.56. The Morgan fingerprint density at radius 2 is 2.13 bits per heavy atom. The van der Waals surface area contributed by atoms with Crippen LogP contribution in [0.25, 0.3) is 11.5 Å². The number of hydrogen-bond donors (Lipinski definition) is 1. The normalized spacial score (nSPS) is 10.7. The smallest absolute Gasteiger partial charge is 0.277 e. The molecule has 0 bridgehead atoms. The van der Waals surface area contributed by atoms with Gasteiger partial charge in [0, 0.05) is 21.1 Å². The summed E-state index contributed by atoms with van der Waals surface area (Å²) in [6, 6.07) is 7.55. The van der Waals surface area contributed by atoms with E-state index in [1.54, 1.807) is 6.20 Å². The first kappa shape index (κ1) is 16.2. The van der Waals surface area contributed by atoms with E-state index in [-0.39, 0.29) is 11.7 Å². The van der Waals surface area contributed by atoms with Crippen LogP contribution in [0.2, 0.25) is 0 Å². The lowest BCUT2D eigenvalue weighted by Gasteiger charge is -1.98. The van der Waals surface area contributed by atoms with Crippen molar-refractivity contribution < 1.29 is 9.21 Å². The molecule has 3 aromatic rings. The van der Waals surface area contributed by atoms with Crippen molar-refractivity contribution in [1.29, 1.82) is 0 Å². The minimum atomic E-state index is -0.159. The van der Waals surface area contributed by atoms with Gasteiger partial charge in [0.25, 0.3) is 5.22 Å². The van der Waals surface area contributed by atoms with Crippen molar-refractivity contribution in [1.82, 2.24) is 15.2 Å². The van der Waals surface area contributed by atoms with Gasteiger partial charge in [-0.1, -0.05) is 27.7 Å². The van der Waals surface area contributed by atoms with Gasteiger partial charge >= 0.3 is 0 Å². The second kappa shape index (κ2) is 7.24. The predicted octanol–water partition coefficient (Wildman–Crippen LogP) is 3.99. The molecule has 1 aromatic carbocycles. The number of rotatable bonds is 5. The quantitative estimate of drug-likeness (QED) is 0.640. The number of nitrogens with zero attached hydrogens (tertiary/aromatic N) is 3. The van der Waals surface area contributed by atoms with Crippen LogP contribution in [0, 0.1) is 6.92 Å². The summed E-state index contributed by atoms with van der Waals surface area (Å²) in [4.78, 5) is 17.0. The minimum absolute atomic E-state index is 0.159. The molecule has 0 aliphatic carbocycles. The largest absolute Gasteiger partial charge is 0.411 e. The molecule has 0 spiro atoms. The predicted molar refractivity (Wildman–Crippen MR) is 93.6 cm³/mol. The molecule has 0 fully saturated rings. The highest BCUT2D eigenvalue weighted by Gasteiger charge is 2.12. The maximum atomic E-state index is 11.8. The van der Waals surface area contributed by atoms with Crippen molar-refractivity contribution in [3.8, 4) is 11.5 Å². The van der Waals surface area contributed by atoms with Crippen LogP contribution in [-0.4, -0.2) is 26.8 Å². The molecule has 2 heterocycles. The number of hydrogen-bond acceptors (Lipinski definition) is 7. The fraction of sp³-hybridized carbons (Fsp3) is 0.143.